The molecule has 4 aromatic rings. The third-order valence-corrected chi connectivity index (χ3v) is 8.00. The minimum absolute atomic E-state index is 0.0488. The molecule has 5 rings (SSSR count). The van der Waals surface area contributed by atoms with Crippen LogP contribution in [0.5, 0.6) is 11.5 Å². The Morgan fingerprint density at radius 1 is 1.02 bits per heavy atom. The maximum atomic E-state index is 14.3. The zero-order valence-corrected chi connectivity index (χ0v) is 25.7. The van der Waals surface area contributed by atoms with Gasteiger partial charge >= 0.3 is 0 Å². The van der Waals surface area contributed by atoms with Crippen molar-refractivity contribution in [3.8, 4) is 11.5 Å². The number of carbonyl (C=O) groups is 1. The molecule has 8 nitrogen and oxygen atoms in total. The quantitative estimate of drug-likeness (QED) is 0.126. The van der Waals surface area contributed by atoms with E-state index in [0.717, 1.165) is 10.0 Å². The number of nitrogens with one attached hydrogen (secondary N) is 2. The van der Waals surface area contributed by atoms with Gasteiger partial charge in [0.25, 0.3) is 5.91 Å². The van der Waals surface area contributed by atoms with Crippen molar-refractivity contribution in [3.05, 3.63) is 130 Å². The molecule has 0 aromatic heterocycles. The number of hydrogen-bond acceptors (Lipinski definition) is 7. The lowest BCUT2D eigenvalue weighted by molar-refractivity contribution is -0.130. The van der Waals surface area contributed by atoms with E-state index in [-0.39, 0.29) is 25.4 Å². The van der Waals surface area contributed by atoms with Crippen LogP contribution in [0.15, 0.2) is 107 Å². The Hall–Kier alpha value is -4.25. The Balaban J connectivity index is 1.54. The van der Waals surface area contributed by atoms with Gasteiger partial charge in [0.15, 0.2) is 11.6 Å². The summed E-state index contributed by atoms with van der Waals surface area (Å²) < 4.78 is 32.3. The lowest BCUT2D eigenvalue weighted by Crippen LogP contribution is -2.53. The SMILES string of the molecule is COc1cccc([C@@H]2OC(c3ccc(OCCCO)cc3)=N[C@]2(Cc2ccccc2Br)C(=O)NNCc2cccc(F)c2)c1. The maximum absolute atomic E-state index is 14.3. The van der Waals surface area contributed by atoms with Gasteiger partial charge in [0, 0.05) is 36.0 Å². The first-order valence-corrected chi connectivity index (χ1v) is 15.0. The number of hydrogen-bond donors (Lipinski definition) is 3. The average Bonchev–Trinajstić information content (AvgIpc) is 3.43. The maximum Gasteiger partial charge on any atom is 0.266 e. The molecule has 0 saturated carbocycles. The number of rotatable bonds is 13. The highest BCUT2D eigenvalue weighted by molar-refractivity contribution is 9.10. The van der Waals surface area contributed by atoms with Crippen LogP contribution < -0.4 is 20.3 Å². The minimum atomic E-state index is -1.45. The van der Waals surface area contributed by atoms with E-state index in [2.05, 4.69) is 26.8 Å². The van der Waals surface area contributed by atoms with Gasteiger partial charge in [-0.15, -0.1) is 0 Å². The van der Waals surface area contributed by atoms with Crippen LogP contribution in [0.3, 0.4) is 0 Å². The molecule has 1 amide bonds. The van der Waals surface area contributed by atoms with Crippen molar-refractivity contribution in [1.29, 1.82) is 0 Å². The highest BCUT2D eigenvalue weighted by Gasteiger charge is 2.53. The van der Waals surface area contributed by atoms with E-state index < -0.39 is 17.6 Å². The van der Waals surface area contributed by atoms with Crippen molar-refractivity contribution in [2.45, 2.75) is 31.0 Å². The first kappa shape index (κ1) is 31.2. The van der Waals surface area contributed by atoms with Gasteiger partial charge in [-0.05, 0) is 71.3 Å². The van der Waals surface area contributed by atoms with Gasteiger partial charge in [0.05, 0.1) is 13.7 Å². The van der Waals surface area contributed by atoms with Crippen molar-refractivity contribution >= 4 is 27.7 Å². The fourth-order valence-electron chi connectivity index (χ4n) is 5.00. The van der Waals surface area contributed by atoms with E-state index in [0.29, 0.717) is 47.1 Å². The summed E-state index contributed by atoms with van der Waals surface area (Å²) in [6, 6.07) is 28.5. The second-order valence-corrected chi connectivity index (χ2v) is 11.1. The molecule has 0 spiro atoms. The molecule has 3 N–H and O–H groups in total. The van der Waals surface area contributed by atoms with Gasteiger partial charge in [-0.3, -0.25) is 10.2 Å². The molecule has 0 saturated heterocycles. The highest BCUT2D eigenvalue weighted by Crippen LogP contribution is 2.44. The van der Waals surface area contributed by atoms with Crippen LogP contribution in [0.2, 0.25) is 0 Å². The van der Waals surface area contributed by atoms with Crippen molar-refractivity contribution in [3.63, 3.8) is 0 Å². The Morgan fingerprint density at radius 2 is 1.82 bits per heavy atom. The predicted octanol–water partition coefficient (Wildman–Crippen LogP) is 5.68. The number of nitrogens with zero attached hydrogens (tertiary/aromatic N) is 1. The Bertz CT molecular complexity index is 1620. The third kappa shape index (κ3) is 7.27. The van der Waals surface area contributed by atoms with Crippen LogP contribution in [-0.4, -0.2) is 42.8 Å². The van der Waals surface area contributed by atoms with E-state index in [1.807, 2.05) is 60.7 Å². The Morgan fingerprint density at radius 3 is 2.57 bits per heavy atom. The number of benzene rings is 4. The monoisotopic (exact) mass is 661 g/mol. The zero-order chi connectivity index (χ0) is 30.9. The van der Waals surface area contributed by atoms with Crippen molar-refractivity contribution in [1.82, 2.24) is 10.9 Å². The Labute approximate surface area is 264 Å². The first-order chi connectivity index (χ1) is 21.4. The summed E-state index contributed by atoms with van der Waals surface area (Å²) in [5.41, 5.74) is 7.24. The van der Waals surface area contributed by atoms with Gasteiger partial charge in [0.1, 0.15) is 17.3 Å². The molecule has 10 heteroatoms. The lowest BCUT2D eigenvalue weighted by Gasteiger charge is -2.31. The number of aliphatic imine (C=N–C) groups is 1. The number of carbonyl (C=O) groups excluding carboxylic acids is 1. The van der Waals surface area contributed by atoms with Crippen LogP contribution in [-0.2, 0) is 22.5 Å². The van der Waals surface area contributed by atoms with Gasteiger partial charge in [0.2, 0.25) is 5.90 Å². The molecule has 0 bridgehead atoms. The van der Waals surface area contributed by atoms with E-state index in [1.165, 1.54) is 12.1 Å². The van der Waals surface area contributed by atoms with Crippen LogP contribution in [0.4, 0.5) is 4.39 Å². The summed E-state index contributed by atoms with van der Waals surface area (Å²) in [6.45, 7) is 0.643. The molecule has 0 unspecified atom stereocenters. The third-order valence-electron chi connectivity index (χ3n) is 7.23. The topological polar surface area (TPSA) is 101 Å². The summed E-state index contributed by atoms with van der Waals surface area (Å²) in [4.78, 5) is 19.4. The van der Waals surface area contributed by atoms with Gasteiger partial charge in [-0.2, -0.15) is 0 Å². The number of ether oxygens (including phenoxy) is 3. The van der Waals surface area contributed by atoms with Crippen LogP contribution in [0.1, 0.15) is 34.8 Å². The number of aliphatic hydroxyl groups excluding tert-OH is 1. The molecule has 0 radical (unpaired) electrons. The molecule has 1 heterocycles. The first-order valence-electron chi connectivity index (χ1n) is 14.2. The molecule has 228 valence electrons. The fourth-order valence-corrected chi connectivity index (χ4v) is 5.43. The van der Waals surface area contributed by atoms with Crippen LogP contribution in [0, 0.1) is 5.82 Å². The molecule has 44 heavy (non-hydrogen) atoms. The number of aliphatic hydroxyl groups is 1. The molecular weight excluding hydrogens is 629 g/mol. The molecule has 2 atom stereocenters. The number of hydrazine groups is 1. The molecule has 4 aromatic carbocycles. The van der Waals surface area contributed by atoms with Crippen molar-refractivity contribution < 1.29 is 28.5 Å². The highest BCUT2D eigenvalue weighted by atomic mass is 79.9. The van der Waals surface area contributed by atoms with E-state index >= 15 is 0 Å². The lowest BCUT2D eigenvalue weighted by atomic mass is 9.82. The van der Waals surface area contributed by atoms with E-state index in [9.17, 15) is 9.18 Å². The van der Waals surface area contributed by atoms with Crippen LogP contribution >= 0.6 is 15.9 Å². The Kier molecular flexibility index (Phi) is 10.3. The smallest absolute Gasteiger partial charge is 0.266 e. The van der Waals surface area contributed by atoms with Crippen molar-refractivity contribution in [2.24, 2.45) is 4.99 Å². The second-order valence-electron chi connectivity index (χ2n) is 10.3. The largest absolute Gasteiger partial charge is 0.497 e. The second kappa shape index (κ2) is 14.5. The number of halogens is 2. The summed E-state index contributed by atoms with van der Waals surface area (Å²) in [5.74, 6) is 0.776. The van der Waals surface area contributed by atoms with Gasteiger partial charge < -0.3 is 19.3 Å². The summed E-state index contributed by atoms with van der Waals surface area (Å²) in [7, 11) is 1.58. The molecule has 0 aliphatic carbocycles. The summed E-state index contributed by atoms with van der Waals surface area (Å²) in [5, 5.41) is 9.05. The fraction of sp³-hybridized carbons (Fsp3) is 0.235. The average molecular weight is 663 g/mol. The number of methoxy groups -OCH3 is 1. The minimum Gasteiger partial charge on any atom is -0.497 e. The van der Waals surface area contributed by atoms with Gasteiger partial charge in [-0.1, -0.05) is 58.4 Å². The summed E-state index contributed by atoms with van der Waals surface area (Å²) >= 11 is 3.64. The molecule has 1 aliphatic heterocycles. The van der Waals surface area contributed by atoms with Gasteiger partial charge in [-0.25, -0.2) is 14.8 Å². The summed E-state index contributed by atoms with van der Waals surface area (Å²) in [6.07, 6.45) is -0.0915. The molecular formula is C34H33BrFN3O5. The standard InChI is InChI=1S/C34H33BrFN3O5/c1-42-29-11-5-9-25(20-29)31-34(21-26-8-2-3-12-30(26)35,33(41)39-37-22-23-7-4-10-27(36)19-23)38-32(44-31)24-13-15-28(16-14-24)43-18-6-17-40/h2-5,7-16,19-20,31,37,40H,6,17-18,21-22H2,1H3,(H,39,41)/t31-,34-/m0/s1. The zero-order valence-electron chi connectivity index (χ0n) is 24.1. The van der Waals surface area contributed by atoms with Crippen molar-refractivity contribution in [2.75, 3.05) is 20.3 Å². The molecule has 1 aliphatic rings. The molecule has 0 fully saturated rings. The van der Waals surface area contributed by atoms with E-state index in [4.69, 9.17) is 24.3 Å². The predicted molar refractivity (Wildman–Crippen MR) is 169 cm³/mol. The van der Waals surface area contributed by atoms with Crippen LogP contribution in [0.25, 0.3) is 0 Å². The number of amides is 1. The van der Waals surface area contributed by atoms with E-state index in [1.54, 1.807) is 31.4 Å². The normalized spacial score (nSPS) is 17.5.